The van der Waals surface area contributed by atoms with E-state index < -0.39 is 0 Å². The SMILES string of the molecule is CC1=C(CC(N)c2ccccc2)CCC1(C)C.Cl. The van der Waals surface area contributed by atoms with Crippen LogP contribution < -0.4 is 5.73 Å². The zero-order valence-corrected chi connectivity index (χ0v) is 12.4. The van der Waals surface area contributed by atoms with Crippen molar-refractivity contribution in [2.75, 3.05) is 0 Å². The van der Waals surface area contributed by atoms with Crippen LogP contribution in [0.5, 0.6) is 0 Å². The minimum absolute atomic E-state index is 0. The highest BCUT2D eigenvalue weighted by atomic mass is 35.5. The fraction of sp³-hybridized carbons (Fsp3) is 0.500. The lowest BCUT2D eigenvalue weighted by molar-refractivity contribution is 0.442. The van der Waals surface area contributed by atoms with Crippen LogP contribution in [0.3, 0.4) is 0 Å². The molecule has 0 aromatic heterocycles. The number of benzene rings is 1. The molecular formula is C16H24ClN. The van der Waals surface area contributed by atoms with Crippen molar-refractivity contribution >= 4 is 12.4 Å². The lowest BCUT2D eigenvalue weighted by Gasteiger charge is -2.20. The molecule has 1 aromatic carbocycles. The summed E-state index contributed by atoms with van der Waals surface area (Å²) in [6, 6.07) is 10.6. The lowest BCUT2D eigenvalue weighted by atomic mass is 9.86. The number of nitrogens with two attached hydrogens (primary N) is 1. The highest BCUT2D eigenvalue weighted by molar-refractivity contribution is 5.85. The molecule has 0 saturated heterocycles. The van der Waals surface area contributed by atoms with Gasteiger partial charge in [-0.1, -0.05) is 55.3 Å². The summed E-state index contributed by atoms with van der Waals surface area (Å²) in [6.07, 6.45) is 3.51. The largest absolute Gasteiger partial charge is 0.324 e. The van der Waals surface area contributed by atoms with Crippen molar-refractivity contribution in [2.24, 2.45) is 11.1 Å². The molecule has 100 valence electrons. The third kappa shape index (κ3) is 3.15. The maximum absolute atomic E-state index is 6.29. The molecule has 0 aliphatic heterocycles. The molecule has 1 unspecified atom stereocenters. The second kappa shape index (κ2) is 5.90. The van der Waals surface area contributed by atoms with Gasteiger partial charge >= 0.3 is 0 Å². The van der Waals surface area contributed by atoms with E-state index in [-0.39, 0.29) is 18.4 Å². The van der Waals surface area contributed by atoms with Gasteiger partial charge in [0.05, 0.1) is 0 Å². The normalized spacial score (nSPS) is 19.6. The molecule has 0 saturated carbocycles. The van der Waals surface area contributed by atoms with Crippen molar-refractivity contribution in [3.63, 3.8) is 0 Å². The Bertz CT molecular complexity index is 420. The second-order valence-electron chi connectivity index (χ2n) is 5.83. The summed E-state index contributed by atoms with van der Waals surface area (Å²) >= 11 is 0. The van der Waals surface area contributed by atoms with E-state index in [1.807, 2.05) is 6.07 Å². The third-order valence-electron chi connectivity index (χ3n) is 4.29. The van der Waals surface area contributed by atoms with Crippen molar-refractivity contribution < 1.29 is 0 Å². The van der Waals surface area contributed by atoms with Gasteiger partial charge in [-0.2, -0.15) is 0 Å². The van der Waals surface area contributed by atoms with E-state index in [1.54, 1.807) is 11.1 Å². The maximum Gasteiger partial charge on any atom is 0.0332 e. The van der Waals surface area contributed by atoms with Crippen LogP contribution in [0.2, 0.25) is 0 Å². The van der Waals surface area contributed by atoms with Gasteiger partial charge in [0.2, 0.25) is 0 Å². The van der Waals surface area contributed by atoms with Gasteiger partial charge in [-0.15, -0.1) is 12.4 Å². The third-order valence-corrected chi connectivity index (χ3v) is 4.29. The number of hydrogen-bond acceptors (Lipinski definition) is 1. The Kier molecular flexibility index (Phi) is 5.01. The summed E-state index contributed by atoms with van der Waals surface area (Å²) in [6.45, 7) is 6.95. The van der Waals surface area contributed by atoms with E-state index in [9.17, 15) is 0 Å². The van der Waals surface area contributed by atoms with Crippen LogP contribution in [0.15, 0.2) is 41.5 Å². The van der Waals surface area contributed by atoms with E-state index in [1.165, 1.54) is 18.4 Å². The Morgan fingerprint density at radius 2 is 1.83 bits per heavy atom. The van der Waals surface area contributed by atoms with Crippen LogP contribution in [0.1, 0.15) is 51.6 Å². The quantitative estimate of drug-likeness (QED) is 0.792. The minimum atomic E-state index is 0. The smallest absolute Gasteiger partial charge is 0.0332 e. The first-order chi connectivity index (χ1) is 8.00. The maximum atomic E-state index is 6.29. The van der Waals surface area contributed by atoms with Gasteiger partial charge in [-0.25, -0.2) is 0 Å². The Hall–Kier alpha value is -0.790. The Balaban J connectivity index is 0.00000162. The van der Waals surface area contributed by atoms with E-state index in [2.05, 4.69) is 45.0 Å². The molecule has 1 aliphatic rings. The predicted molar refractivity (Wildman–Crippen MR) is 81.0 cm³/mol. The molecule has 0 heterocycles. The van der Waals surface area contributed by atoms with Crippen LogP contribution in [0, 0.1) is 5.41 Å². The van der Waals surface area contributed by atoms with Crippen molar-refractivity contribution in [2.45, 2.75) is 46.1 Å². The second-order valence-corrected chi connectivity index (χ2v) is 5.83. The summed E-state index contributed by atoms with van der Waals surface area (Å²) in [5, 5.41) is 0. The molecule has 1 aromatic rings. The zero-order valence-electron chi connectivity index (χ0n) is 11.6. The molecule has 2 heteroatoms. The molecular weight excluding hydrogens is 242 g/mol. The van der Waals surface area contributed by atoms with Crippen molar-refractivity contribution in [1.82, 2.24) is 0 Å². The fourth-order valence-electron chi connectivity index (χ4n) is 2.66. The van der Waals surface area contributed by atoms with Crippen molar-refractivity contribution in [1.29, 1.82) is 0 Å². The molecule has 0 bridgehead atoms. The van der Waals surface area contributed by atoms with Gasteiger partial charge in [0.25, 0.3) is 0 Å². The molecule has 2 rings (SSSR count). The number of rotatable bonds is 3. The van der Waals surface area contributed by atoms with Crippen molar-refractivity contribution in [3.05, 3.63) is 47.0 Å². The lowest BCUT2D eigenvalue weighted by Crippen LogP contribution is -2.11. The Labute approximate surface area is 117 Å². The van der Waals surface area contributed by atoms with Crippen molar-refractivity contribution in [3.8, 4) is 0 Å². The Morgan fingerprint density at radius 1 is 1.22 bits per heavy atom. The topological polar surface area (TPSA) is 26.0 Å². The van der Waals surface area contributed by atoms with E-state index >= 15 is 0 Å². The fourth-order valence-corrected chi connectivity index (χ4v) is 2.66. The highest BCUT2D eigenvalue weighted by Gasteiger charge is 2.29. The van der Waals surface area contributed by atoms with Crippen LogP contribution in [0.25, 0.3) is 0 Å². The number of hydrogen-bond donors (Lipinski definition) is 1. The van der Waals surface area contributed by atoms with E-state index in [0.29, 0.717) is 5.41 Å². The van der Waals surface area contributed by atoms with Crippen LogP contribution >= 0.6 is 12.4 Å². The van der Waals surface area contributed by atoms with Gasteiger partial charge in [-0.05, 0) is 37.2 Å². The summed E-state index contributed by atoms with van der Waals surface area (Å²) < 4.78 is 0. The Morgan fingerprint density at radius 3 is 2.33 bits per heavy atom. The predicted octanol–water partition coefficient (Wildman–Crippen LogP) is 4.63. The summed E-state index contributed by atoms with van der Waals surface area (Å²) in [4.78, 5) is 0. The van der Waals surface area contributed by atoms with Crippen LogP contribution in [-0.4, -0.2) is 0 Å². The first-order valence-corrected chi connectivity index (χ1v) is 6.50. The first kappa shape index (κ1) is 15.3. The molecule has 0 radical (unpaired) electrons. The summed E-state index contributed by atoms with van der Waals surface area (Å²) in [7, 11) is 0. The first-order valence-electron chi connectivity index (χ1n) is 6.50. The standard InChI is InChI=1S/C16H23N.ClH/c1-12-14(9-10-16(12,2)3)11-15(17)13-7-5-4-6-8-13;/h4-8,15H,9-11,17H2,1-3H3;1H. The number of allylic oxidation sites excluding steroid dienone is 1. The minimum Gasteiger partial charge on any atom is -0.324 e. The molecule has 18 heavy (non-hydrogen) atoms. The summed E-state index contributed by atoms with van der Waals surface area (Å²) in [5.41, 5.74) is 11.1. The average Bonchev–Trinajstić information content (AvgIpc) is 2.57. The molecule has 1 nitrogen and oxygen atoms in total. The monoisotopic (exact) mass is 265 g/mol. The molecule has 1 atom stereocenters. The van der Waals surface area contributed by atoms with Gasteiger partial charge in [0, 0.05) is 6.04 Å². The molecule has 0 spiro atoms. The van der Waals surface area contributed by atoms with Gasteiger partial charge in [0.1, 0.15) is 0 Å². The molecule has 0 fully saturated rings. The zero-order chi connectivity index (χ0) is 12.5. The summed E-state index contributed by atoms with van der Waals surface area (Å²) in [5.74, 6) is 0. The number of halogens is 1. The van der Waals surface area contributed by atoms with Gasteiger partial charge < -0.3 is 5.73 Å². The molecule has 0 amide bonds. The van der Waals surface area contributed by atoms with Crippen LogP contribution in [-0.2, 0) is 0 Å². The van der Waals surface area contributed by atoms with E-state index in [4.69, 9.17) is 5.73 Å². The average molecular weight is 266 g/mol. The molecule has 1 aliphatic carbocycles. The van der Waals surface area contributed by atoms with Gasteiger partial charge in [-0.3, -0.25) is 0 Å². The highest BCUT2D eigenvalue weighted by Crippen LogP contribution is 2.44. The molecule has 2 N–H and O–H groups in total. The van der Waals surface area contributed by atoms with Gasteiger partial charge in [0.15, 0.2) is 0 Å². The van der Waals surface area contributed by atoms with Crippen LogP contribution in [0.4, 0.5) is 0 Å². The van der Waals surface area contributed by atoms with E-state index in [0.717, 1.165) is 6.42 Å².